The number of rotatable bonds is 13. The number of methoxy groups -OCH3 is 1. The summed E-state index contributed by atoms with van der Waals surface area (Å²) in [5.74, 6) is 1.11. The average Bonchev–Trinajstić information content (AvgIpc) is 3.33. The van der Waals surface area contributed by atoms with E-state index in [4.69, 9.17) is 25.8 Å². The van der Waals surface area contributed by atoms with Crippen LogP contribution in [0.15, 0.2) is 59.0 Å². The smallest absolute Gasteiger partial charge is 0.187 e. The van der Waals surface area contributed by atoms with Crippen LogP contribution in [0.4, 0.5) is 11.4 Å². The van der Waals surface area contributed by atoms with E-state index in [2.05, 4.69) is 26.3 Å². The van der Waals surface area contributed by atoms with E-state index in [1.807, 2.05) is 62.2 Å². The molecule has 0 aliphatic heterocycles. The lowest BCUT2D eigenvalue weighted by molar-refractivity contribution is 0.144. The van der Waals surface area contributed by atoms with E-state index in [1.165, 1.54) is 18.0 Å². The van der Waals surface area contributed by atoms with Crippen molar-refractivity contribution in [2.45, 2.75) is 16.5 Å². The van der Waals surface area contributed by atoms with Gasteiger partial charge >= 0.3 is 0 Å². The Morgan fingerprint density at radius 1 is 1.13 bits per heavy atom. The van der Waals surface area contributed by atoms with Gasteiger partial charge in [-0.1, -0.05) is 23.4 Å². The van der Waals surface area contributed by atoms with Gasteiger partial charge in [-0.05, 0) is 50.8 Å². The lowest BCUT2D eigenvalue weighted by Gasteiger charge is -2.18. The second-order valence-electron chi connectivity index (χ2n) is 8.99. The molecule has 0 amide bonds. The Balaban J connectivity index is 1.66. The van der Waals surface area contributed by atoms with Crippen molar-refractivity contribution in [1.82, 2.24) is 19.4 Å². The van der Waals surface area contributed by atoms with Crippen molar-refractivity contribution >= 4 is 45.6 Å². The maximum atomic E-state index is 9.86. The van der Waals surface area contributed by atoms with Crippen LogP contribution in [0.2, 0.25) is 5.02 Å². The van der Waals surface area contributed by atoms with E-state index in [-0.39, 0.29) is 0 Å². The zero-order valence-corrected chi connectivity index (χ0v) is 24.0. The Morgan fingerprint density at radius 2 is 1.97 bits per heavy atom. The number of aromatic nitrogens is 3. The van der Waals surface area contributed by atoms with Crippen LogP contribution >= 0.6 is 23.4 Å². The Bertz CT molecular complexity index is 1470. The van der Waals surface area contributed by atoms with Crippen LogP contribution in [-0.4, -0.2) is 67.0 Å². The lowest BCUT2D eigenvalue weighted by atomic mass is 10.1. The standard InChI is InChI=1S/C28H31ClN6O3S/c1-34(2)11-5-13-37-23-8-7-21-25(19(17-30)18-32-26(21)27(23)38-15-14-36-4)33-20-6-9-24(22(29)16-20)39-28-31-10-12-35(28)3/h6-10,12,16,18H,5,11,13-15H2,1-4H3,(H,32,33). The van der Waals surface area contributed by atoms with Gasteiger partial charge in [-0.2, -0.15) is 5.26 Å². The predicted octanol–water partition coefficient (Wildman–Crippen LogP) is 5.74. The number of nitriles is 1. The molecule has 9 nitrogen and oxygen atoms in total. The first kappa shape index (κ1) is 28.5. The van der Waals surface area contributed by atoms with Crippen LogP contribution in [0.1, 0.15) is 12.0 Å². The third-order valence-electron chi connectivity index (χ3n) is 5.80. The van der Waals surface area contributed by atoms with Crippen LogP contribution in [0.25, 0.3) is 10.9 Å². The highest BCUT2D eigenvalue weighted by molar-refractivity contribution is 7.99. The highest BCUT2D eigenvalue weighted by Gasteiger charge is 2.18. The summed E-state index contributed by atoms with van der Waals surface area (Å²) in [6.07, 6.45) is 6.04. The van der Waals surface area contributed by atoms with Crippen LogP contribution < -0.4 is 14.8 Å². The quantitative estimate of drug-likeness (QED) is 0.203. The van der Waals surface area contributed by atoms with Gasteiger partial charge in [-0.15, -0.1) is 0 Å². The number of hydrogen-bond acceptors (Lipinski definition) is 9. The molecule has 0 saturated carbocycles. The van der Waals surface area contributed by atoms with E-state index < -0.39 is 0 Å². The van der Waals surface area contributed by atoms with Gasteiger partial charge in [-0.3, -0.25) is 4.98 Å². The van der Waals surface area contributed by atoms with Crippen LogP contribution in [-0.2, 0) is 11.8 Å². The lowest BCUT2D eigenvalue weighted by Crippen LogP contribution is -2.16. The van der Waals surface area contributed by atoms with Gasteiger partial charge in [0.05, 0.1) is 29.5 Å². The highest BCUT2D eigenvalue weighted by Crippen LogP contribution is 2.40. The Hall–Kier alpha value is -3.49. The summed E-state index contributed by atoms with van der Waals surface area (Å²) in [4.78, 5) is 11.9. The van der Waals surface area contributed by atoms with Crippen molar-refractivity contribution in [3.63, 3.8) is 0 Å². The first-order valence-corrected chi connectivity index (χ1v) is 13.6. The molecule has 4 rings (SSSR count). The molecular formula is C28H31ClN6O3S. The predicted molar refractivity (Wildman–Crippen MR) is 155 cm³/mol. The first-order chi connectivity index (χ1) is 18.9. The number of hydrogen-bond donors (Lipinski definition) is 1. The van der Waals surface area contributed by atoms with Gasteiger partial charge in [-0.25, -0.2) is 4.98 Å². The van der Waals surface area contributed by atoms with Gasteiger partial charge in [0.25, 0.3) is 0 Å². The topological polar surface area (TPSA) is 97.5 Å². The van der Waals surface area contributed by atoms with Crippen molar-refractivity contribution in [3.05, 3.63) is 59.5 Å². The number of pyridine rings is 1. The zero-order chi connectivity index (χ0) is 27.8. The molecule has 2 aromatic heterocycles. The van der Waals surface area contributed by atoms with Gasteiger partial charge < -0.3 is 29.0 Å². The number of fused-ring (bicyclic) bond motifs is 1. The minimum absolute atomic E-state index is 0.332. The molecule has 2 heterocycles. The second-order valence-corrected chi connectivity index (χ2v) is 10.4. The Morgan fingerprint density at radius 3 is 2.67 bits per heavy atom. The molecule has 39 heavy (non-hydrogen) atoms. The third kappa shape index (κ3) is 7.13. The van der Waals surface area contributed by atoms with E-state index in [1.54, 1.807) is 13.3 Å². The number of ether oxygens (including phenoxy) is 3. The monoisotopic (exact) mass is 566 g/mol. The minimum Gasteiger partial charge on any atom is -0.490 e. The van der Waals surface area contributed by atoms with E-state index >= 15 is 0 Å². The molecule has 2 aromatic carbocycles. The number of aryl methyl sites for hydroxylation is 1. The summed E-state index contributed by atoms with van der Waals surface area (Å²) in [5, 5.41) is 15.4. The number of anilines is 2. The van der Waals surface area contributed by atoms with Crippen LogP contribution in [0, 0.1) is 11.3 Å². The molecule has 0 unspecified atom stereocenters. The van der Waals surface area contributed by atoms with Crippen molar-refractivity contribution in [2.75, 3.05) is 52.9 Å². The molecule has 204 valence electrons. The molecule has 0 bridgehead atoms. The summed E-state index contributed by atoms with van der Waals surface area (Å²) in [7, 11) is 7.61. The fourth-order valence-electron chi connectivity index (χ4n) is 3.84. The summed E-state index contributed by atoms with van der Waals surface area (Å²) in [6, 6.07) is 11.7. The number of benzene rings is 2. The molecule has 0 aliphatic rings. The summed E-state index contributed by atoms with van der Waals surface area (Å²) in [5.41, 5.74) is 2.33. The fraction of sp³-hybridized carbons (Fsp3) is 0.321. The van der Waals surface area contributed by atoms with Gasteiger partial charge in [0.2, 0.25) is 0 Å². The molecule has 0 aliphatic carbocycles. The average molecular weight is 567 g/mol. The molecular weight excluding hydrogens is 536 g/mol. The fourth-order valence-corrected chi connectivity index (χ4v) is 4.94. The molecule has 1 N–H and O–H groups in total. The minimum atomic E-state index is 0.332. The van der Waals surface area contributed by atoms with Gasteiger partial charge in [0, 0.05) is 55.3 Å². The second kappa shape index (κ2) is 13.5. The zero-order valence-electron chi connectivity index (χ0n) is 22.4. The van der Waals surface area contributed by atoms with Crippen molar-refractivity contribution in [1.29, 1.82) is 5.26 Å². The SMILES string of the molecule is COCCOc1c(OCCCN(C)C)ccc2c(Nc3ccc(Sc4nccn4C)c(Cl)c3)c(C#N)cnc12. The maximum absolute atomic E-state index is 9.86. The summed E-state index contributed by atoms with van der Waals surface area (Å²) >= 11 is 8.11. The summed E-state index contributed by atoms with van der Waals surface area (Å²) < 4.78 is 19.3. The number of nitrogens with zero attached hydrogens (tertiary/aromatic N) is 5. The molecule has 0 saturated heterocycles. The molecule has 0 spiro atoms. The molecule has 0 radical (unpaired) electrons. The normalized spacial score (nSPS) is 11.1. The van der Waals surface area contributed by atoms with E-state index in [9.17, 15) is 5.26 Å². The third-order valence-corrected chi connectivity index (χ3v) is 7.37. The summed E-state index contributed by atoms with van der Waals surface area (Å²) in [6.45, 7) is 2.19. The van der Waals surface area contributed by atoms with E-state index in [0.717, 1.165) is 34.1 Å². The first-order valence-electron chi connectivity index (χ1n) is 12.4. The van der Waals surface area contributed by atoms with Crippen molar-refractivity contribution < 1.29 is 14.2 Å². The Labute approximate surface area is 237 Å². The van der Waals surface area contributed by atoms with Crippen LogP contribution in [0.5, 0.6) is 11.5 Å². The van der Waals surface area contributed by atoms with Crippen molar-refractivity contribution in [3.8, 4) is 17.6 Å². The number of imidazole rings is 1. The molecule has 4 aromatic rings. The van der Waals surface area contributed by atoms with E-state index in [0.29, 0.717) is 53.1 Å². The molecule has 0 fully saturated rings. The Kier molecular flexibility index (Phi) is 9.90. The highest BCUT2D eigenvalue weighted by atomic mass is 35.5. The van der Waals surface area contributed by atoms with Crippen molar-refractivity contribution in [2.24, 2.45) is 7.05 Å². The maximum Gasteiger partial charge on any atom is 0.187 e. The van der Waals surface area contributed by atoms with Crippen LogP contribution in [0.3, 0.4) is 0 Å². The largest absolute Gasteiger partial charge is 0.490 e. The van der Waals surface area contributed by atoms with Gasteiger partial charge in [0.15, 0.2) is 16.7 Å². The number of halogens is 1. The molecule has 0 atom stereocenters. The molecule has 11 heteroatoms. The number of nitrogens with one attached hydrogen (secondary N) is 1. The van der Waals surface area contributed by atoms with Gasteiger partial charge in [0.1, 0.15) is 18.2 Å².